The summed E-state index contributed by atoms with van der Waals surface area (Å²) in [7, 11) is 1.66. The molecular weight excluding hydrogens is 266 g/mol. The van der Waals surface area contributed by atoms with E-state index in [-0.39, 0.29) is 0 Å². The van der Waals surface area contributed by atoms with Gasteiger partial charge >= 0.3 is 0 Å². The Kier molecular flexibility index (Phi) is 2.44. The molecule has 21 heavy (non-hydrogen) atoms. The summed E-state index contributed by atoms with van der Waals surface area (Å²) in [5, 5.41) is 8.19. The van der Waals surface area contributed by atoms with Gasteiger partial charge in [0.15, 0.2) is 11.3 Å². The fourth-order valence-corrected chi connectivity index (χ4v) is 2.51. The molecule has 0 radical (unpaired) electrons. The summed E-state index contributed by atoms with van der Waals surface area (Å²) < 4.78 is 7.18. The smallest absolute Gasteiger partial charge is 0.179 e. The Morgan fingerprint density at radius 1 is 1.14 bits per heavy atom. The lowest BCUT2D eigenvalue weighted by atomic mass is 10.1. The van der Waals surface area contributed by atoms with Crippen LogP contribution in [0.1, 0.15) is 5.82 Å². The number of aromatic nitrogens is 5. The van der Waals surface area contributed by atoms with Crippen LogP contribution in [0.4, 0.5) is 0 Å². The molecule has 3 heterocycles. The van der Waals surface area contributed by atoms with Gasteiger partial charge in [0.2, 0.25) is 0 Å². The number of aromatic amines is 1. The van der Waals surface area contributed by atoms with E-state index < -0.39 is 0 Å². The normalized spacial score (nSPS) is 11.3. The zero-order valence-electron chi connectivity index (χ0n) is 11.7. The molecule has 104 valence electrons. The van der Waals surface area contributed by atoms with Crippen molar-refractivity contribution in [1.82, 2.24) is 24.6 Å². The maximum Gasteiger partial charge on any atom is 0.179 e. The van der Waals surface area contributed by atoms with Crippen LogP contribution in [0, 0.1) is 6.92 Å². The van der Waals surface area contributed by atoms with E-state index in [0.717, 1.165) is 39.6 Å². The summed E-state index contributed by atoms with van der Waals surface area (Å²) in [4.78, 5) is 7.73. The van der Waals surface area contributed by atoms with E-state index in [1.165, 1.54) is 0 Å². The highest BCUT2D eigenvalue weighted by molar-refractivity contribution is 5.82. The largest absolute Gasteiger partial charge is 0.497 e. The Morgan fingerprint density at radius 3 is 2.71 bits per heavy atom. The Bertz CT molecular complexity index is 936. The van der Waals surface area contributed by atoms with Crippen molar-refractivity contribution in [2.24, 2.45) is 0 Å². The zero-order valence-corrected chi connectivity index (χ0v) is 11.7. The van der Waals surface area contributed by atoms with E-state index in [2.05, 4.69) is 26.2 Å². The van der Waals surface area contributed by atoms with Gasteiger partial charge in [0, 0.05) is 5.69 Å². The van der Waals surface area contributed by atoms with Crippen LogP contribution in [-0.4, -0.2) is 31.7 Å². The average molecular weight is 279 g/mol. The number of fused-ring (bicyclic) bond motifs is 3. The minimum absolute atomic E-state index is 0.750. The summed E-state index contributed by atoms with van der Waals surface area (Å²) in [5.74, 6) is 1.68. The monoisotopic (exact) mass is 279 g/mol. The highest BCUT2D eigenvalue weighted by Crippen LogP contribution is 2.25. The van der Waals surface area contributed by atoms with Gasteiger partial charge in [-0.25, -0.2) is 4.98 Å². The third kappa shape index (κ3) is 1.76. The average Bonchev–Trinajstić information content (AvgIpc) is 3.11. The molecule has 0 spiro atoms. The van der Waals surface area contributed by atoms with Crippen LogP contribution in [0.5, 0.6) is 5.75 Å². The number of nitrogens with zero attached hydrogens (tertiary/aromatic N) is 4. The fraction of sp³-hybridized carbons (Fsp3) is 0.133. The highest BCUT2D eigenvalue weighted by Gasteiger charge is 2.10. The van der Waals surface area contributed by atoms with E-state index in [9.17, 15) is 0 Å². The van der Waals surface area contributed by atoms with E-state index in [0.29, 0.717) is 0 Å². The molecule has 0 amide bonds. The molecule has 3 aromatic heterocycles. The molecule has 6 heteroatoms. The lowest BCUT2D eigenvalue weighted by molar-refractivity contribution is 0.415. The molecule has 0 aliphatic rings. The molecule has 1 N–H and O–H groups in total. The van der Waals surface area contributed by atoms with Crippen LogP contribution in [0.2, 0.25) is 0 Å². The Labute approximate surface area is 120 Å². The predicted molar refractivity (Wildman–Crippen MR) is 79.4 cm³/mol. The first-order valence-corrected chi connectivity index (χ1v) is 6.60. The minimum atomic E-state index is 0.750. The second-order valence-electron chi connectivity index (χ2n) is 4.84. The van der Waals surface area contributed by atoms with Crippen LogP contribution in [0.3, 0.4) is 0 Å². The van der Waals surface area contributed by atoms with E-state index in [1.54, 1.807) is 13.3 Å². The van der Waals surface area contributed by atoms with E-state index in [4.69, 9.17) is 4.74 Å². The Balaban J connectivity index is 1.93. The number of hydrogen-bond acceptors (Lipinski definition) is 4. The number of ether oxygens (including phenoxy) is 1. The van der Waals surface area contributed by atoms with Crippen LogP contribution in [0.25, 0.3) is 28.1 Å². The second kappa shape index (κ2) is 4.31. The maximum atomic E-state index is 5.18. The molecule has 0 atom stereocenters. The van der Waals surface area contributed by atoms with E-state index >= 15 is 0 Å². The third-order valence-electron chi connectivity index (χ3n) is 3.58. The van der Waals surface area contributed by atoms with Gasteiger partial charge in [0.25, 0.3) is 0 Å². The summed E-state index contributed by atoms with van der Waals surface area (Å²) in [6.07, 6.45) is 1.72. The van der Waals surface area contributed by atoms with Crippen LogP contribution in [-0.2, 0) is 0 Å². The number of rotatable bonds is 2. The highest BCUT2D eigenvalue weighted by atomic mass is 16.5. The molecule has 4 rings (SSSR count). The first kappa shape index (κ1) is 11.9. The molecule has 0 bridgehead atoms. The van der Waals surface area contributed by atoms with Crippen molar-refractivity contribution in [3.63, 3.8) is 0 Å². The van der Waals surface area contributed by atoms with Crippen molar-refractivity contribution in [2.75, 3.05) is 7.11 Å². The van der Waals surface area contributed by atoms with Crippen molar-refractivity contribution in [3.05, 3.63) is 42.4 Å². The number of nitrogens with one attached hydrogen (secondary N) is 1. The van der Waals surface area contributed by atoms with Gasteiger partial charge in [-0.1, -0.05) is 0 Å². The molecule has 0 aliphatic carbocycles. The number of H-pyrrole nitrogens is 1. The van der Waals surface area contributed by atoms with Crippen molar-refractivity contribution < 1.29 is 4.74 Å². The van der Waals surface area contributed by atoms with Gasteiger partial charge in [-0.05, 0) is 42.8 Å². The second-order valence-corrected chi connectivity index (χ2v) is 4.84. The summed E-state index contributed by atoms with van der Waals surface area (Å²) in [6, 6.07) is 9.97. The molecule has 0 fully saturated rings. The molecule has 0 saturated carbocycles. The molecule has 0 unspecified atom stereocenters. The topological polar surface area (TPSA) is 68.1 Å². The van der Waals surface area contributed by atoms with Gasteiger partial charge < -0.3 is 9.72 Å². The van der Waals surface area contributed by atoms with Crippen molar-refractivity contribution in [2.45, 2.75) is 6.92 Å². The number of aryl methyl sites for hydroxylation is 1. The Morgan fingerprint density at radius 2 is 1.95 bits per heavy atom. The minimum Gasteiger partial charge on any atom is -0.497 e. The lowest BCUT2D eigenvalue weighted by Crippen LogP contribution is -1.90. The van der Waals surface area contributed by atoms with Gasteiger partial charge in [0.05, 0.1) is 18.8 Å². The van der Waals surface area contributed by atoms with Crippen molar-refractivity contribution >= 4 is 16.8 Å². The Hall–Kier alpha value is -2.89. The zero-order chi connectivity index (χ0) is 14.4. The van der Waals surface area contributed by atoms with Crippen LogP contribution in [0.15, 0.2) is 36.5 Å². The summed E-state index contributed by atoms with van der Waals surface area (Å²) in [6.45, 7) is 1.93. The molecule has 0 aliphatic heterocycles. The quantitative estimate of drug-likeness (QED) is 0.612. The lowest BCUT2D eigenvalue weighted by Gasteiger charge is -2.00. The van der Waals surface area contributed by atoms with Crippen molar-refractivity contribution in [1.29, 1.82) is 0 Å². The standard InChI is InChI=1S/C15H13N5O/c1-9-18-19-14-8-16-15-13(20(9)14)7-12(17-15)10-3-5-11(21-2)6-4-10/h3-8,17H,1-2H3. The molecular formula is C15H13N5O. The van der Waals surface area contributed by atoms with Gasteiger partial charge in [-0.2, -0.15) is 0 Å². The fourth-order valence-electron chi connectivity index (χ4n) is 2.51. The first-order chi connectivity index (χ1) is 10.3. The number of benzene rings is 1. The molecule has 0 saturated heterocycles. The van der Waals surface area contributed by atoms with Gasteiger partial charge in [-0.3, -0.25) is 4.40 Å². The van der Waals surface area contributed by atoms with Gasteiger partial charge in [-0.15, -0.1) is 10.2 Å². The molecule has 4 aromatic rings. The van der Waals surface area contributed by atoms with Crippen molar-refractivity contribution in [3.8, 4) is 17.0 Å². The SMILES string of the molecule is COc1ccc(-c2cc3c(ncc4nnc(C)n43)[nH]2)cc1. The summed E-state index contributed by atoms with van der Waals surface area (Å²) in [5.41, 5.74) is 4.62. The van der Waals surface area contributed by atoms with Crippen LogP contribution >= 0.6 is 0 Å². The maximum absolute atomic E-state index is 5.18. The first-order valence-electron chi connectivity index (χ1n) is 6.60. The van der Waals surface area contributed by atoms with E-state index in [1.807, 2.05) is 35.6 Å². The summed E-state index contributed by atoms with van der Waals surface area (Å²) >= 11 is 0. The molecule has 6 nitrogen and oxygen atoms in total. The molecule has 1 aromatic carbocycles. The van der Waals surface area contributed by atoms with Crippen LogP contribution < -0.4 is 4.74 Å². The number of hydrogen-bond donors (Lipinski definition) is 1. The predicted octanol–water partition coefficient (Wildman–Crippen LogP) is 2.59. The number of methoxy groups -OCH3 is 1. The van der Waals surface area contributed by atoms with Gasteiger partial charge in [0.1, 0.15) is 11.6 Å². The third-order valence-corrected chi connectivity index (χ3v) is 3.58.